The van der Waals surface area contributed by atoms with Crippen molar-refractivity contribution in [2.75, 3.05) is 24.3 Å². The van der Waals surface area contributed by atoms with Gasteiger partial charge in [-0.3, -0.25) is 4.99 Å². The van der Waals surface area contributed by atoms with Gasteiger partial charge in [-0.25, -0.2) is 0 Å². The van der Waals surface area contributed by atoms with E-state index in [0.29, 0.717) is 13.2 Å². The van der Waals surface area contributed by atoms with Crippen molar-refractivity contribution < 1.29 is 9.47 Å². The Kier molecular flexibility index (Phi) is 4.01. The first-order valence-electron chi connectivity index (χ1n) is 7.01. The van der Waals surface area contributed by atoms with Crippen LogP contribution in [0.2, 0.25) is 0 Å². The number of hydrogen-bond donors (Lipinski definition) is 1. The Bertz CT molecular complexity index is 514. The van der Waals surface area contributed by atoms with Crippen LogP contribution in [0.15, 0.2) is 29.3 Å². The van der Waals surface area contributed by atoms with E-state index in [-0.39, 0.29) is 11.8 Å². The highest BCUT2D eigenvalue weighted by atomic mass is 32.2. The zero-order valence-corrected chi connectivity index (χ0v) is 12.7. The Labute approximate surface area is 123 Å². The van der Waals surface area contributed by atoms with Crippen LogP contribution in [-0.4, -0.2) is 29.7 Å². The fraction of sp³-hybridized carbons (Fsp3) is 0.533. The van der Waals surface area contributed by atoms with Crippen LogP contribution in [0.4, 0.5) is 5.69 Å². The van der Waals surface area contributed by atoms with Crippen molar-refractivity contribution in [3.63, 3.8) is 0 Å². The van der Waals surface area contributed by atoms with Gasteiger partial charge in [0.05, 0.1) is 18.8 Å². The number of nitrogens with one attached hydrogen (secondary N) is 1. The molecule has 1 N–H and O–H groups in total. The predicted molar refractivity (Wildman–Crippen MR) is 83.3 cm³/mol. The largest absolute Gasteiger partial charge is 0.346 e. The van der Waals surface area contributed by atoms with Crippen LogP contribution >= 0.6 is 11.8 Å². The fourth-order valence-electron chi connectivity index (χ4n) is 2.22. The van der Waals surface area contributed by atoms with Gasteiger partial charge in [0.25, 0.3) is 0 Å². The normalized spacial score (nSPS) is 26.8. The fourth-order valence-corrected chi connectivity index (χ4v) is 3.41. The summed E-state index contributed by atoms with van der Waals surface area (Å²) in [5, 5.41) is 4.40. The number of hydrogen-bond acceptors (Lipinski definition) is 5. The number of nitrogens with zero attached hydrogens (tertiary/aromatic N) is 1. The van der Waals surface area contributed by atoms with Crippen LogP contribution in [-0.2, 0) is 9.47 Å². The second-order valence-electron chi connectivity index (χ2n) is 5.38. The van der Waals surface area contributed by atoms with Gasteiger partial charge in [-0.2, -0.15) is 0 Å². The molecule has 0 aromatic heterocycles. The van der Waals surface area contributed by atoms with Crippen LogP contribution in [0.3, 0.4) is 0 Å². The number of ether oxygens (including phenoxy) is 2. The lowest BCUT2D eigenvalue weighted by atomic mass is 10.0. The van der Waals surface area contributed by atoms with Crippen LogP contribution in [0.5, 0.6) is 0 Å². The molecule has 1 fully saturated rings. The Morgan fingerprint density at radius 2 is 2.20 bits per heavy atom. The summed E-state index contributed by atoms with van der Waals surface area (Å²) >= 11 is 1.78. The van der Waals surface area contributed by atoms with Crippen molar-refractivity contribution in [3.05, 3.63) is 29.8 Å². The summed E-state index contributed by atoms with van der Waals surface area (Å²) in [5.41, 5.74) is 2.16. The quantitative estimate of drug-likeness (QED) is 0.927. The van der Waals surface area contributed by atoms with E-state index in [0.717, 1.165) is 28.6 Å². The van der Waals surface area contributed by atoms with Crippen LogP contribution in [0.25, 0.3) is 0 Å². The first kappa shape index (κ1) is 13.9. The summed E-state index contributed by atoms with van der Waals surface area (Å²) in [6.45, 7) is 5.72. The SMILES string of the molecule is CCC1(C)CSC(Nc2cccc(C3OCCO3)c2)=N1. The maximum Gasteiger partial charge on any atom is 0.184 e. The third-order valence-electron chi connectivity index (χ3n) is 3.68. The molecular weight excluding hydrogens is 272 g/mol. The zero-order chi connectivity index (χ0) is 14.0. The molecule has 0 bridgehead atoms. The van der Waals surface area contributed by atoms with E-state index in [9.17, 15) is 0 Å². The molecule has 108 valence electrons. The first-order chi connectivity index (χ1) is 9.68. The van der Waals surface area contributed by atoms with Crippen molar-refractivity contribution in [1.29, 1.82) is 0 Å². The average molecular weight is 292 g/mol. The molecule has 0 aliphatic carbocycles. The van der Waals surface area contributed by atoms with Gasteiger partial charge in [0.15, 0.2) is 11.5 Å². The maximum absolute atomic E-state index is 5.53. The molecule has 1 saturated heterocycles. The van der Waals surface area contributed by atoms with Gasteiger partial charge in [0, 0.05) is 17.0 Å². The molecule has 1 unspecified atom stereocenters. The monoisotopic (exact) mass is 292 g/mol. The van der Waals surface area contributed by atoms with Crippen molar-refractivity contribution in [3.8, 4) is 0 Å². The minimum atomic E-state index is -0.226. The van der Waals surface area contributed by atoms with Crippen molar-refractivity contribution in [2.24, 2.45) is 4.99 Å². The Balaban J connectivity index is 1.72. The lowest BCUT2D eigenvalue weighted by Crippen LogP contribution is -2.20. The number of aliphatic imine (C=N–C) groups is 1. The lowest BCUT2D eigenvalue weighted by Gasteiger charge is -2.15. The minimum Gasteiger partial charge on any atom is -0.346 e. The number of amidine groups is 1. The summed E-state index contributed by atoms with van der Waals surface area (Å²) in [6, 6.07) is 8.16. The van der Waals surface area contributed by atoms with E-state index in [1.165, 1.54) is 0 Å². The molecular formula is C15H20N2O2S. The second-order valence-corrected chi connectivity index (χ2v) is 6.34. The molecule has 0 spiro atoms. The topological polar surface area (TPSA) is 42.8 Å². The van der Waals surface area contributed by atoms with Gasteiger partial charge in [0.2, 0.25) is 0 Å². The molecule has 5 heteroatoms. The van der Waals surface area contributed by atoms with E-state index in [2.05, 4.69) is 25.2 Å². The second kappa shape index (κ2) is 5.76. The van der Waals surface area contributed by atoms with E-state index in [1.807, 2.05) is 18.2 Å². The third-order valence-corrected chi connectivity index (χ3v) is 4.92. The van der Waals surface area contributed by atoms with Gasteiger partial charge in [-0.1, -0.05) is 30.8 Å². The molecule has 3 rings (SSSR count). The third kappa shape index (κ3) is 3.00. The summed E-state index contributed by atoms with van der Waals surface area (Å²) in [6.07, 6.45) is 0.838. The molecule has 2 aliphatic heterocycles. The van der Waals surface area contributed by atoms with Gasteiger partial charge in [-0.05, 0) is 25.5 Å². The van der Waals surface area contributed by atoms with Crippen LogP contribution in [0.1, 0.15) is 32.1 Å². The predicted octanol–water partition coefficient (Wildman–Crippen LogP) is 3.42. The highest BCUT2D eigenvalue weighted by Crippen LogP contribution is 2.31. The van der Waals surface area contributed by atoms with Gasteiger partial charge in [0.1, 0.15) is 0 Å². The minimum absolute atomic E-state index is 0.0717. The molecule has 1 atom stereocenters. The molecule has 1 aromatic carbocycles. The number of anilines is 1. The number of benzene rings is 1. The van der Waals surface area contributed by atoms with E-state index in [4.69, 9.17) is 14.5 Å². The lowest BCUT2D eigenvalue weighted by molar-refractivity contribution is -0.0440. The summed E-state index contributed by atoms with van der Waals surface area (Å²) in [5.74, 6) is 1.04. The standard InChI is InChI=1S/C15H20N2O2S/c1-3-15(2)10-20-14(17-15)16-12-6-4-5-11(9-12)13-18-7-8-19-13/h4-6,9,13H,3,7-8,10H2,1-2H3,(H,16,17). The molecule has 0 radical (unpaired) electrons. The Hall–Kier alpha value is -1.04. The summed E-state index contributed by atoms with van der Waals surface area (Å²) in [4.78, 5) is 4.77. The smallest absolute Gasteiger partial charge is 0.184 e. The number of thioether (sulfide) groups is 1. The number of rotatable bonds is 3. The van der Waals surface area contributed by atoms with Gasteiger partial charge < -0.3 is 14.8 Å². The Morgan fingerprint density at radius 3 is 2.90 bits per heavy atom. The molecule has 4 nitrogen and oxygen atoms in total. The average Bonchev–Trinajstić information content (AvgIpc) is 3.10. The molecule has 20 heavy (non-hydrogen) atoms. The highest BCUT2D eigenvalue weighted by molar-refractivity contribution is 8.14. The maximum atomic E-state index is 5.53. The van der Waals surface area contributed by atoms with Crippen molar-refractivity contribution in [2.45, 2.75) is 32.1 Å². The summed E-state index contributed by atoms with van der Waals surface area (Å²) in [7, 11) is 0. The van der Waals surface area contributed by atoms with Crippen molar-refractivity contribution >= 4 is 22.6 Å². The van der Waals surface area contributed by atoms with E-state index >= 15 is 0 Å². The Morgan fingerprint density at radius 1 is 1.40 bits per heavy atom. The summed E-state index contributed by atoms with van der Waals surface area (Å²) < 4.78 is 11.1. The van der Waals surface area contributed by atoms with Crippen LogP contribution in [0, 0.1) is 0 Å². The van der Waals surface area contributed by atoms with E-state index < -0.39 is 0 Å². The van der Waals surface area contributed by atoms with Gasteiger partial charge in [-0.15, -0.1) is 0 Å². The molecule has 1 aromatic rings. The highest BCUT2D eigenvalue weighted by Gasteiger charge is 2.28. The molecule has 2 heterocycles. The zero-order valence-electron chi connectivity index (χ0n) is 11.9. The van der Waals surface area contributed by atoms with Gasteiger partial charge >= 0.3 is 0 Å². The molecule has 2 aliphatic rings. The van der Waals surface area contributed by atoms with E-state index in [1.54, 1.807) is 11.8 Å². The van der Waals surface area contributed by atoms with Crippen LogP contribution < -0.4 is 5.32 Å². The van der Waals surface area contributed by atoms with Crippen molar-refractivity contribution in [1.82, 2.24) is 0 Å². The first-order valence-corrected chi connectivity index (χ1v) is 8.00. The molecule has 0 amide bonds. The molecule has 0 saturated carbocycles.